The van der Waals surface area contributed by atoms with Gasteiger partial charge in [-0.3, -0.25) is 9.71 Å². The maximum atomic E-state index is 13.8. The normalized spacial score (nSPS) is 11.2. The van der Waals surface area contributed by atoms with E-state index in [9.17, 15) is 12.8 Å². The van der Waals surface area contributed by atoms with Gasteiger partial charge in [0.1, 0.15) is 10.7 Å². The summed E-state index contributed by atoms with van der Waals surface area (Å²) in [6.07, 6.45) is 2.93. The first-order valence-corrected chi connectivity index (χ1v) is 8.18. The predicted molar refractivity (Wildman–Crippen MR) is 83.5 cm³/mol. The van der Waals surface area contributed by atoms with E-state index in [0.29, 0.717) is 10.2 Å². The first kappa shape index (κ1) is 15.7. The lowest BCUT2D eigenvalue weighted by Gasteiger charge is -2.18. The third-order valence-electron chi connectivity index (χ3n) is 2.71. The lowest BCUT2D eigenvalue weighted by atomic mass is 10.3. The molecule has 2 rings (SSSR count). The van der Waals surface area contributed by atoms with Crippen LogP contribution in [0.15, 0.2) is 46.0 Å². The molecule has 0 aliphatic rings. The van der Waals surface area contributed by atoms with E-state index >= 15 is 0 Å². The van der Waals surface area contributed by atoms with E-state index in [1.54, 1.807) is 31.3 Å². The van der Waals surface area contributed by atoms with Gasteiger partial charge < -0.3 is 4.90 Å². The maximum absolute atomic E-state index is 13.8. The molecule has 0 aliphatic carbocycles. The molecule has 0 spiro atoms. The molecule has 0 aliphatic heterocycles. The molecule has 8 heteroatoms. The Morgan fingerprint density at radius 1 is 1.29 bits per heavy atom. The van der Waals surface area contributed by atoms with Gasteiger partial charge in [-0.25, -0.2) is 12.8 Å². The van der Waals surface area contributed by atoms with Crippen molar-refractivity contribution in [3.8, 4) is 0 Å². The summed E-state index contributed by atoms with van der Waals surface area (Å²) >= 11 is 3.09. The number of nitrogens with one attached hydrogen (secondary N) is 1. The molecule has 0 fully saturated rings. The van der Waals surface area contributed by atoms with Crippen LogP contribution in [0.5, 0.6) is 0 Å². The van der Waals surface area contributed by atoms with Crippen LogP contribution in [0, 0.1) is 5.82 Å². The van der Waals surface area contributed by atoms with Gasteiger partial charge in [-0.05, 0) is 24.3 Å². The summed E-state index contributed by atoms with van der Waals surface area (Å²) in [5.74, 6) is -0.827. The Morgan fingerprint density at radius 3 is 2.62 bits per heavy atom. The molecule has 0 saturated carbocycles. The molecule has 1 aromatic carbocycles. The molecule has 5 nitrogen and oxygen atoms in total. The summed E-state index contributed by atoms with van der Waals surface area (Å²) in [5.41, 5.74) is 0.913. The predicted octanol–water partition coefficient (Wildman–Crippen LogP) is 2.85. The van der Waals surface area contributed by atoms with Crippen molar-refractivity contribution in [2.75, 3.05) is 23.7 Å². The quantitative estimate of drug-likeness (QED) is 0.894. The van der Waals surface area contributed by atoms with Gasteiger partial charge in [0.25, 0.3) is 10.0 Å². The van der Waals surface area contributed by atoms with Crippen LogP contribution in [-0.2, 0) is 10.0 Å². The van der Waals surface area contributed by atoms with Gasteiger partial charge in [-0.1, -0.05) is 15.9 Å². The minimum atomic E-state index is -4.03. The highest BCUT2D eigenvalue weighted by Crippen LogP contribution is 2.27. The van der Waals surface area contributed by atoms with E-state index in [1.807, 2.05) is 0 Å². The SMILES string of the molecule is CN(C)c1ccncc1NS(=O)(=O)c1ccc(Br)cc1F. The average molecular weight is 374 g/mol. The van der Waals surface area contributed by atoms with Crippen molar-refractivity contribution in [1.29, 1.82) is 0 Å². The second kappa shape index (κ2) is 5.98. The number of rotatable bonds is 4. The molecule has 0 radical (unpaired) electrons. The van der Waals surface area contributed by atoms with Crippen LogP contribution >= 0.6 is 15.9 Å². The molecule has 21 heavy (non-hydrogen) atoms. The van der Waals surface area contributed by atoms with Crippen LogP contribution in [0.1, 0.15) is 0 Å². The van der Waals surface area contributed by atoms with Gasteiger partial charge in [0.15, 0.2) is 0 Å². The highest BCUT2D eigenvalue weighted by molar-refractivity contribution is 9.10. The van der Waals surface area contributed by atoms with E-state index < -0.39 is 20.7 Å². The standard InChI is InChI=1S/C13H13BrFN3O2S/c1-18(2)12-5-6-16-8-11(12)17-21(19,20)13-4-3-9(14)7-10(13)15/h3-8,17H,1-2H3. The van der Waals surface area contributed by atoms with Crippen LogP contribution in [0.2, 0.25) is 0 Å². The third kappa shape index (κ3) is 3.51. The summed E-state index contributed by atoms with van der Waals surface area (Å²) in [5, 5.41) is 0. The largest absolute Gasteiger partial charge is 0.376 e. The molecule has 0 atom stereocenters. The van der Waals surface area contributed by atoms with Crippen molar-refractivity contribution >= 4 is 37.3 Å². The Balaban J connectivity index is 2.43. The van der Waals surface area contributed by atoms with Crippen molar-refractivity contribution < 1.29 is 12.8 Å². The smallest absolute Gasteiger partial charge is 0.264 e. The number of hydrogen-bond donors (Lipinski definition) is 1. The average Bonchev–Trinajstić information content (AvgIpc) is 2.37. The summed E-state index contributed by atoms with van der Waals surface area (Å²) in [6.45, 7) is 0. The van der Waals surface area contributed by atoms with Crippen molar-refractivity contribution in [1.82, 2.24) is 4.98 Å². The minimum absolute atomic E-state index is 0.282. The molecule has 1 N–H and O–H groups in total. The topological polar surface area (TPSA) is 62.3 Å². The summed E-state index contributed by atoms with van der Waals surface area (Å²) < 4.78 is 41.2. The molecular weight excluding hydrogens is 361 g/mol. The molecule has 2 aromatic rings. The number of hydrogen-bond acceptors (Lipinski definition) is 4. The zero-order valence-corrected chi connectivity index (χ0v) is 13.7. The first-order chi connectivity index (χ1) is 9.81. The van der Waals surface area contributed by atoms with Crippen LogP contribution in [0.3, 0.4) is 0 Å². The van der Waals surface area contributed by atoms with Gasteiger partial charge in [-0.2, -0.15) is 0 Å². The zero-order chi connectivity index (χ0) is 15.6. The summed E-state index contributed by atoms with van der Waals surface area (Å²) in [7, 11) is -0.487. The number of pyridine rings is 1. The Bertz CT molecular complexity index is 766. The number of sulfonamides is 1. The Kier molecular flexibility index (Phi) is 4.48. The van der Waals surface area contributed by atoms with Crippen LogP contribution < -0.4 is 9.62 Å². The molecule has 0 saturated heterocycles. The zero-order valence-electron chi connectivity index (χ0n) is 11.3. The molecule has 0 unspecified atom stereocenters. The van der Waals surface area contributed by atoms with Gasteiger partial charge in [0.2, 0.25) is 0 Å². The minimum Gasteiger partial charge on any atom is -0.376 e. The van der Waals surface area contributed by atoms with E-state index in [2.05, 4.69) is 25.6 Å². The van der Waals surface area contributed by atoms with Crippen molar-refractivity contribution in [3.05, 3.63) is 46.9 Å². The highest BCUT2D eigenvalue weighted by Gasteiger charge is 2.21. The number of anilines is 2. The Hall–Kier alpha value is -1.67. The third-order valence-corrected chi connectivity index (χ3v) is 4.60. The molecular formula is C13H13BrFN3O2S. The Morgan fingerprint density at radius 2 is 2.00 bits per heavy atom. The fraction of sp³-hybridized carbons (Fsp3) is 0.154. The summed E-state index contributed by atoms with van der Waals surface area (Å²) in [6, 6.07) is 5.43. The van der Waals surface area contributed by atoms with Crippen LogP contribution in [0.25, 0.3) is 0 Å². The number of nitrogens with zero attached hydrogens (tertiary/aromatic N) is 2. The van der Waals surface area contributed by atoms with E-state index in [4.69, 9.17) is 0 Å². The van der Waals surface area contributed by atoms with Gasteiger partial charge in [-0.15, -0.1) is 0 Å². The van der Waals surface area contributed by atoms with Gasteiger partial charge >= 0.3 is 0 Å². The molecule has 1 heterocycles. The molecule has 0 bridgehead atoms. The van der Waals surface area contributed by atoms with E-state index in [0.717, 1.165) is 6.07 Å². The van der Waals surface area contributed by atoms with Gasteiger partial charge in [0.05, 0.1) is 17.6 Å². The number of halogens is 2. The lowest BCUT2D eigenvalue weighted by molar-refractivity contribution is 0.570. The lowest BCUT2D eigenvalue weighted by Crippen LogP contribution is -2.18. The number of benzene rings is 1. The first-order valence-electron chi connectivity index (χ1n) is 5.90. The fourth-order valence-electron chi connectivity index (χ4n) is 1.75. The molecule has 112 valence electrons. The van der Waals surface area contributed by atoms with E-state index in [1.165, 1.54) is 18.3 Å². The fourth-order valence-corrected chi connectivity index (χ4v) is 3.20. The second-order valence-electron chi connectivity index (χ2n) is 4.47. The van der Waals surface area contributed by atoms with Crippen molar-refractivity contribution in [2.24, 2.45) is 0 Å². The molecule has 1 aromatic heterocycles. The number of aromatic nitrogens is 1. The monoisotopic (exact) mass is 373 g/mol. The van der Waals surface area contributed by atoms with Crippen molar-refractivity contribution in [3.63, 3.8) is 0 Å². The van der Waals surface area contributed by atoms with Crippen molar-refractivity contribution in [2.45, 2.75) is 4.90 Å². The second-order valence-corrected chi connectivity index (χ2v) is 7.03. The van der Waals surface area contributed by atoms with Gasteiger partial charge in [0, 0.05) is 24.8 Å². The molecule has 0 amide bonds. The van der Waals surface area contributed by atoms with E-state index in [-0.39, 0.29) is 5.69 Å². The maximum Gasteiger partial charge on any atom is 0.264 e. The van der Waals surface area contributed by atoms with Crippen LogP contribution in [0.4, 0.5) is 15.8 Å². The van der Waals surface area contributed by atoms with Crippen LogP contribution in [-0.4, -0.2) is 27.5 Å². The summed E-state index contributed by atoms with van der Waals surface area (Å²) in [4.78, 5) is 5.20. The Labute approximate surface area is 131 Å². The highest BCUT2D eigenvalue weighted by atomic mass is 79.9.